The van der Waals surface area contributed by atoms with Crippen molar-refractivity contribution in [1.82, 2.24) is 19.8 Å². The number of aromatic nitrogens is 2. The third kappa shape index (κ3) is 5.71. The zero-order valence-corrected chi connectivity index (χ0v) is 20.4. The Balaban J connectivity index is 0.00000300. The molecule has 1 N–H and O–H groups in total. The van der Waals surface area contributed by atoms with Crippen molar-refractivity contribution in [2.75, 3.05) is 32.4 Å². The number of imidazole rings is 1. The number of benzene rings is 1. The summed E-state index contributed by atoms with van der Waals surface area (Å²) in [6.07, 6.45) is 4.58. The molecule has 0 atom stereocenters. The molecule has 29 heavy (non-hydrogen) atoms. The second-order valence-electron chi connectivity index (χ2n) is 7.68. The van der Waals surface area contributed by atoms with Gasteiger partial charge in [0.05, 0.1) is 10.5 Å². The van der Waals surface area contributed by atoms with Crippen LogP contribution in [-0.2, 0) is 22.8 Å². The highest BCUT2D eigenvalue weighted by atomic mass is 127. The van der Waals surface area contributed by atoms with Crippen LogP contribution in [0.15, 0.2) is 47.7 Å². The van der Waals surface area contributed by atoms with Crippen LogP contribution in [0.4, 0.5) is 0 Å². The molecular formula is C20H30IN5O2S. The highest BCUT2D eigenvalue weighted by Gasteiger charge is 2.40. The minimum atomic E-state index is -3.06. The highest BCUT2D eigenvalue weighted by molar-refractivity contribution is 14.0. The summed E-state index contributed by atoms with van der Waals surface area (Å²) in [5, 5.41) is 3.36. The van der Waals surface area contributed by atoms with E-state index in [-0.39, 0.29) is 29.7 Å². The van der Waals surface area contributed by atoms with Crippen LogP contribution in [0.2, 0.25) is 0 Å². The quantitative estimate of drug-likeness (QED) is 0.364. The van der Waals surface area contributed by atoms with Gasteiger partial charge in [-0.05, 0) is 19.4 Å². The fourth-order valence-corrected chi connectivity index (χ4v) is 4.80. The van der Waals surface area contributed by atoms with Gasteiger partial charge in [0.15, 0.2) is 15.8 Å². The van der Waals surface area contributed by atoms with E-state index in [0.29, 0.717) is 19.6 Å². The molecule has 1 aromatic heterocycles. The molecule has 0 aliphatic carbocycles. The Morgan fingerprint density at radius 3 is 2.66 bits per heavy atom. The first-order valence-corrected chi connectivity index (χ1v) is 11.2. The fourth-order valence-electron chi connectivity index (χ4n) is 3.44. The first kappa shape index (κ1) is 23.7. The third-order valence-electron chi connectivity index (χ3n) is 5.18. The van der Waals surface area contributed by atoms with Crippen molar-refractivity contribution in [2.45, 2.75) is 31.6 Å². The van der Waals surface area contributed by atoms with E-state index in [0.717, 1.165) is 24.7 Å². The number of hydrogen-bond acceptors (Lipinski definition) is 4. The van der Waals surface area contributed by atoms with Gasteiger partial charge in [-0.2, -0.15) is 0 Å². The summed E-state index contributed by atoms with van der Waals surface area (Å²) in [5.41, 5.74) is 1.24. The van der Waals surface area contributed by atoms with Crippen molar-refractivity contribution in [3.63, 3.8) is 0 Å². The molecule has 160 valence electrons. The second-order valence-corrected chi connectivity index (χ2v) is 10.4. The smallest absolute Gasteiger partial charge is 0.193 e. The summed E-state index contributed by atoms with van der Waals surface area (Å²) in [4.78, 5) is 10.8. The lowest BCUT2D eigenvalue weighted by atomic mass is 10.2. The van der Waals surface area contributed by atoms with Crippen LogP contribution < -0.4 is 5.32 Å². The van der Waals surface area contributed by atoms with Gasteiger partial charge in [0.2, 0.25) is 0 Å². The molecule has 2 heterocycles. The van der Waals surface area contributed by atoms with E-state index >= 15 is 0 Å². The molecule has 0 unspecified atom stereocenters. The van der Waals surface area contributed by atoms with Gasteiger partial charge in [-0.25, -0.2) is 13.4 Å². The van der Waals surface area contributed by atoms with E-state index in [1.807, 2.05) is 35.5 Å². The molecule has 1 aromatic carbocycles. The number of hydrogen-bond donors (Lipinski definition) is 1. The van der Waals surface area contributed by atoms with E-state index in [4.69, 9.17) is 0 Å². The maximum atomic E-state index is 12.2. The van der Waals surface area contributed by atoms with Gasteiger partial charge < -0.3 is 14.8 Å². The molecule has 9 heteroatoms. The van der Waals surface area contributed by atoms with E-state index in [2.05, 4.69) is 32.0 Å². The molecule has 1 aliphatic heterocycles. The van der Waals surface area contributed by atoms with Gasteiger partial charge in [0.1, 0.15) is 5.82 Å². The number of aliphatic imine (C=N–C) groups is 1. The van der Waals surface area contributed by atoms with Crippen LogP contribution >= 0.6 is 24.0 Å². The topological polar surface area (TPSA) is 79.6 Å². The summed E-state index contributed by atoms with van der Waals surface area (Å²) in [7, 11) is -1.33. The van der Waals surface area contributed by atoms with Gasteiger partial charge in [-0.15, -0.1) is 24.0 Å². The van der Waals surface area contributed by atoms with Crippen LogP contribution in [0, 0.1) is 0 Å². The Bertz CT molecular complexity index is 925. The van der Waals surface area contributed by atoms with Gasteiger partial charge in [-0.3, -0.25) is 4.99 Å². The number of sulfone groups is 1. The van der Waals surface area contributed by atoms with Gasteiger partial charge in [0.25, 0.3) is 0 Å². The first-order valence-electron chi connectivity index (χ1n) is 9.54. The minimum Gasteiger partial charge on any atom is -0.356 e. The normalized spacial score (nSPS) is 18.2. The van der Waals surface area contributed by atoms with Crippen LogP contribution in [0.5, 0.6) is 0 Å². The molecule has 1 fully saturated rings. The summed E-state index contributed by atoms with van der Waals surface area (Å²) in [5.74, 6) is 1.90. The number of nitrogens with one attached hydrogen (secondary N) is 1. The van der Waals surface area contributed by atoms with Crippen LogP contribution in [0.1, 0.15) is 25.2 Å². The molecule has 3 rings (SSSR count). The number of nitrogens with zero attached hydrogens (tertiary/aromatic N) is 4. The second kappa shape index (κ2) is 9.92. The number of halogens is 1. The Morgan fingerprint density at radius 1 is 1.28 bits per heavy atom. The standard InChI is InChI=1S/C20H29N5O2S.HI/c1-20(2)16-25(13-14-28(20,26)27)19(21-3)23-10-9-18-22-11-12-24(18)15-17-7-5-4-6-8-17;/h4-8,11-12H,9-10,13-16H2,1-3H3,(H,21,23);1H. The molecule has 0 radical (unpaired) electrons. The Morgan fingerprint density at radius 2 is 2.00 bits per heavy atom. The Hall–Kier alpha value is -1.62. The molecule has 0 saturated carbocycles. The molecular weight excluding hydrogens is 501 g/mol. The van der Waals surface area contributed by atoms with Crippen molar-refractivity contribution < 1.29 is 8.42 Å². The molecule has 0 amide bonds. The molecule has 7 nitrogen and oxygen atoms in total. The lowest BCUT2D eigenvalue weighted by Crippen LogP contribution is -2.57. The predicted molar refractivity (Wildman–Crippen MR) is 128 cm³/mol. The molecule has 0 bridgehead atoms. The van der Waals surface area contributed by atoms with Crippen molar-refractivity contribution in [3.05, 3.63) is 54.1 Å². The van der Waals surface area contributed by atoms with Crippen LogP contribution in [0.3, 0.4) is 0 Å². The van der Waals surface area contributed by atoms with E-state index in [9.17, 15) is 8.42 Å². The fraction of sp³-hybridized carbons (Fsp3) is 0.500. The SMILES string of the molecule is CN=C(NCCc1nccn1Cc1ccccc1)N1CCS(=O)(=O)C(C)(C)C1.I. The maximum Gasteiger partial charge on any atom is 0.193 e. The number of rotatable bonds is 5. The molecule has 2 aromatic rings. The van der Waals surface area contributed by atoms with Crippen molar-refractivity contribution in [1.29, 1.82) is 0 Å². The van der Waals surface area contributed by atoms with Crippen molar-refractivity contribution in [3.8, 4) is 0 Å². The van der Waals surface area contributed by atoms with E-state index < -0.39 is 14.6 Å². The molecule has 1 aliphatic rings. The molecule has 0 spiro atoms. The average molecular weight is 531 g/mol. The predicted octanol–water partition coefficient (Wildman–Crippen LogP) is 2.18. The largest absolute Gasteiger partial charge is 0.356 e. The van der Waals surface area contributed by atoms with Crippen LogP contribution in [0.25, 0.3) is 0 Å². The zero-order valence-electron chi connectivity index (χ0n) is 17.2. The Labute approximate surface area is 190 Å². The summed E-state index contributed by atoms with van der Waals surface area (Å²) < 4.78 is 25.8. The number of guanidine groups is 1. The maximum absolute atomic E-state index is 12.2. The third-order valence-corrected chi connectivity index (χ3v) is 7.72. The lowest BCUT2D eigenvalue weighted by Gasteiger charge is -2.39. The van der Waals surface area contributed by atoms with Crippen LogP contribution in [-0.4, -0.2) is 66.0 Å². The monoisotopic (exact) mass is 531 g/mol. The first-order chi connectivity index (χ1) is 13.3. The van der Waals surface area contributed by atoms with Gasteiger partial charge >= 0.3 is 0 Å². The molecule has 1 saturated heterocycles. The van der Waals surface area contributed by atoms with Crippen molar-refractivity contribution >= 4 is 39.8 Å². The minimum absolute atomic E-state index is 0. The summed E-state index contributed by atoms with van der Waals surface area (Å²) in [6, 6.07) is 10.3. The Kier molecular flexibility index (Phi) is 8.10. The van der Waals surface area contributed by atoms with E-state index in [1.165, 1.54) is 5.56 Å². The summed E-state index contributed by atoms with van der Waals surface area (Å²) in [6.45, 7) is 5.95. The average Bonchev–Trinajstić information content (AvgIpc) is 3.09. The highest BCUT2D eigenvalue weighted by Crippen LogP contribution is 2.23. The van der Waals surface area contributed by atoms with E-state index in [1.54, 1.807) is 20.9 Å². The lowest BCUT2D eigenvalue weighted by molar-refractivity contribution is 0.353. The summed E-state index contributed by atoms with van der Waals surface area (Å²) >= 11 is 0. The zero-order chi connectivity index (χ0) is 20.2. The van der Waals surface area contributed by atoms with Gasteiger partial charge in [-0.1, -0.05) is 30.3 Å². The van der Waals surface area contributed by atoms with Gasteiger partial charge in [0, 0.05) is 52.0 Å². The van der Waals surface area contributed by atoms with Crippen molar-refractivity contribution in [2.24, 2.45) is 4.99 Å².